The average molecular weight is 638 g/mol. The molecule has 0 aliphatic heterocycles. The molecule has 242 valence electrons. The molecule has 0 aliphatic carbocycles. The summed E-state index contributed by atoms with van der Waals surface area (Å²) in [6, 6.07) is 15.4. The molecule has 0 spiro atoms. The Bertz CT molecular complexity index is 1870. The molecule has 4 rings (SSSR count). The minimum atomic E-state index is -0.545. The van der Waals surface area contributed by atoms with Crippen molar-refractivity contribution in [2.75, 3.05) is 39.6 Å². The smallest absolute Gasteiger partial charge is 0.269 e. The number of benzene rings is 2. The van der Waals surface area contributed by atoms with Crippen molar-refractivity contribution in [1.29, 1.82) is 0 Å². The van der Waals surface area contributed by atoms with Crippen LogP contribution in [-0.2, 0) is 16.2 Å². The molecule has 2 aromatic carbocycles. The zero-order chi connectivity index (χ0) is 34.1. The Balaban J connectivity index is 1.57. The van der Waals surface area contributed by atoms with Crippen LogP contribution in [0.2, 0.25) is 0 Å². The molecule has 13 nitrogen and oxygen atoms in total. The molecule has 4 N–H and O–H groups in total. The molecule has 47 heavy (non-hydrogen) atoms. The summed E-state index contributed by atoms with van der Waals surface area (Å²) in [5, 5.41) is 11.0. The normalized spacial score (nSPS) is 10.7. The van der Waals surface area contributed by atoms with Crippen LogP contribution < -0.4 is 30.9 Å². The molecule has 0 saturated carbocycles. The second-order valence-electron chi connectivity index (χ2n) is 10.3. The van der Waals surface area contributed by atoms with Crippen molar-refractivity contribution in [3.63, 3.8) is 0 Å². The first kappa shape index (κ1) is 33.8. The predicted octanol–water partition coefficient (Wildman–Crippen LogP) is 2.39. The van der Waals surface area contributed by atoms with E-state index in [2.05, 4.69) is 31.2 Å². The van der Waals surface area contributed by atoms with E-state index in [1.807, 2.05) is 31.2 Å². The number of aryl methyl sites for hydroxylation is 1. The second-order valence-corrected chi connectivity index (χ2v) is 10.3. The van der Waals surface area contributed by atoms with Crippen molar-refractivity contribution in [2.24, 2.45) is 0 Å². The van der Waals surface area contributed by atoms with Gasteiger partial charge in [-0.25, -0.2) is 4.98 Å². The summed E-state index contributed by atoms with van der Waals surface area (Å²) in [6.45, 7) is 1.30. The summed E-state index contributed by atoms with van der Waals surface area (Å²) < 4.78 is 6.18. The van der Waals surface area contributed by atoms with E-state index in [0.29, 0.717) is 16.8 Å². The molecule has 5 amide bonds. The molecule has 0 fully saturated rings. The number of nitrogens with zero attached hydrogens (tertiary/aromatic N) is 3. The van der Waals surface area contributed by atoms with Crippen LogP contribution in [0.25, 0.3) is 17.0 Å². The number of likely N-dealkylation sites (N-methyl/N-ethyl adjacent to an activating group) is 1. The van der Waals surface area contributed by atoms with E-state index in [1.54, 1.807) is 12.1 Å². The lowest BCUT2D eigenvalue weighted by Crippen LogP contribution is -2.39. The number of anilines is 1. The second kappa shape index (κ2) is 15.3. The molecule has 2 aromatic heterocycles. The number of para-hydroxylation sites is 1. The minimum Gasteiger partial charge on any atom is -0.487 e. The van der Waals surface area contributed by atoms with Gasteiger partial charge in [0.05, 0.1) is 17.8 Å². The third-order valence-corrected chi connectivity index (χ3v) is 7.23. The van der Waals surface area contributed by atoms with Gasteiger partial charge in [-0.05, 0) is 48.9 Å². The number of pyridine rings is 2. The largest absolute Gasteiger partial charge is 0.487 e. The highest BCUT2D eigenvalue weighted by molar-refractivity contribution is 6.09. The molecule has 2 heterocycles. The Morgan fingerprint density at radius 3 is 2.30 bits per heavy atom. The van der Waals surface area contributed by atoms with Gasteiger partial charge in [-0.1, -0.05) is 24.3 Å². The van der Waals surface area contributed by atoms with Crippen LogP contribution in [0.4, 0.5) is 5.69 Å². The van der Waals surface area contributed by atoms with Crippen LogP contribution in [-0.4, -0.2) is 74.2 Å². The first-order chi connectivity index (χ1) is 22.6. The maximum atomic E-state index is 13.3. The fourth-order valence-corrected chi connectivity index (χ4v) is 4.69. The van der Waals surface area contributed by atoms with Crippen LogP contribution in [0.5, 0.6) is 5.75 Å². The number of hydrogen-bond donors (Lipinski definition) is 4. The SMILES string of the molecule is CNC(=O)c1ccc(/C=C/C(=O)NCC(=O)N(C)c2ccc(C(=O)NC)c(COc3cccc4ccc(C)nc34)c2C(=O)NC)cn1. The molecule has 0 atom stereocenters. The van der Waals surface area contributed by atoms with Crippen molar-refractivity contribution in [1.82, 2.24) is 31.2 Å². The summed E-state index contributed by atoms with van der Waals surface area (Å²) in [4.78, 5) is 73.5. The molecule has 13 heteroatoms. The fourth-order valence-electron chi connectivity index (χ4n) is 4.69. The van der Waals surface area contributed by atoms with Crippen LogP contribution in [0.15, 0.2) is 66.9 Å². The highest BCUT2D eigenvalue weighted by Crippen LogP contribution is 2.30. The lowest BCUT2D eigenvalue weighted by atomic mass is 9.97. The minimum absolute atomic E-state index is 0.0627. The number of amides is 5. The summed E-state index contributed by atoms with van der Waals surface area (Å²) >= 11 is 0. The Labute approximate surface area is 271 Å². The van der Waals surface area contributed by atoms with Gasteiger partial charge in [-0.2, -0.15) is 0 Å². The van der Waals surface area contributed by atoms with Gasteiger partial charge in [0, 0.05) is 62.7 Å². The van der Waals surface area contributed by atoms with Crippen molar-refractivity contribution in [3.8, 4) is 5.75 Å². The first-order valence-corrected chi connectivity index (χ1v) is 14.6. The van der Waals surface area contributed by atoms with Crippen molar-refractivity contribution in [3.05, 3.63) is 101 Å². The molecule has 0 unspecified atom stereocenters. The van der Waals surface area contributed by atoms with Gasteiger partial charge >= 0.3 is 0 Å². The summed E-state index contributed by atoms with van der Waals surface area (Å²) in [5.41, 5.74) is 2.95. The van der Waals surface area contributed by atoms with Crippen molar-refractivity contribution >= 4 is 52.2 Å². The third-order valence-electron chi connectivity index (χ3n) is 7.23. The summed E-state index contributed by atoms with van der Waals surface area (Å²) in [5.74, 6) is -1.93. The Morgan fingerprint density at radius 2 is 1.62 bits per heavy atom. The maximum absolute atomic E-state index is 13.3. The average Bonchev–Trinajstić information content (AvgIpc) is 3.10. The van der Waals surface area contributed by atoms with Gasteiger partial charge in [-0.15, -0.1) is 0 Å². The van der Waals surface area contributed by atoms with Crippen LogP contribution >= 0.6 is 0 Å². The number of nitrogens with one attached hydrogen (secondary N) is 4. The topological polar surface area (TPSA) is 172 Å². The van der Waals surface area contributed by atoms with Gasteiger partial charge in [-0.3, -0.25) is 29.0 Å². The summed E-state index contributed by atoms with van der Waals surface area (Å²) in [7, 11) is 5.88. The number of hydrogen-bond acceptors (Lipinski definition) is 8. The predicted molar refractivity (Wildman–Crippen MR) is 177 cm³/mol. The Morgan fingerprint density at radius 1 is 0.872 bits per heavy atom. The van der Waals surface area contributed by atoms with E-state index in [0.717, 1.165) is 11.1 Å². The number of aromatic nitrogens is 2. The lowest BCUT2D eigenvalue weighted by Gasteiger charge is -2.24. The van der Waals surface area contributed by atoms with Crippen LogP contribution in [0, 0.1) is 6.92 Å². The zero-order valence-electron chi connectivity index (χ0n) is 26.6. The highest BCUT2D eigenvalue weighted by atomic mass is 16.5. The van der Waals surface area contributed by atoms with E-state index in [-0.39, 0.29) is 47.1 Å². The molecule has 0 aliphatic rings. The number of rotatable bonds is 11. The van der Waals surface area contributed by atoms with E-state index >= 15 is 0 Å². The van der Waals surface area contributed by atoms with Crippen LogP contribution in [0.3, 0.4) is 0 Å². The molecular formula is C34H35N7O6. The van der Waals surface area contributed by atoms with Crippen LogP contribution in [0.1, 0.15) is 48.0 Å². The molecule has 0 bridgehead atoms. The molecular weight excluding hydrogens is 602 g/mol. The van der Waals surface area contributed by atoms with E-state index in [1.165, 1.54) is 69.6 Å². The molecule has 4 aromatic rings. The van der Waals surface area contributed by atoms with Gasteiger partial charge in [0.1, 0.15) is 23.6 Å². The van der Waals surface area contributed by atoms with E-state index in [9.17, 15) is 24.0 Å². The van der Waals surface area contributed by atoms with E-state index in [4.69, 9.17) is 4.74 Å². The van der Waals surface area contributed by atoms with Crippen molar-refractivity contribution < 1.29 is 28.7 Å². The van der Waals surface area contributed by atoms with E-state index < -0.39 is 23.6 Å². The zero-order valence-corrected chi connectivity index (χ0v) is 26.6. The summed E-state index contributed by atoms with van der Waals surface area (Å²) in [6.07, 6.45) is 4.16. The Kier molecular flexibility index (Phi) is 11.0. The first-order valence-electron chi connectivity index (χ1n) is 14.6. The monoisotopic (exact) mass is 637 g/mol. The molecule has 0 saturated heterocycles. The van der Waals surface area contributed by atoms with Gasteiger partial charge in [0.15, 0.2) is 0 Å². The standard InChI is InChI=1S/C34H35N7O6/c1-20-9-12-22-7-6-8-27(31(22)40-20)47-19-24-23(32(44)35-2)13-15-26(30(24)34(46)37-4)41(5)29(43)18-39-28(42)16-11-21-10-14-25(38-17-21)33(45)36-3/h6-17H,18-19H2,1-5H3,(H,35,44)(H,36,45)(H,37,46)(H,39,42)/b16-11+. The van der Waals surface area contributed by atoms with Gasteiger partial charge in [0.2, 0.25) is 11.8 Å². The van der Waals surface area contributed by atoms with Gasteiger partial charge in [0.25, 0.3) is 17.7 Å². The quantitative estimate of drug-likeness (QED) is 0.182. The number of carbonyl (C=O) groups excluding carboxylic acids is 5. The fraction of sp³-hybridized carbons (Fsp3) is 0.206. The third kappa shape index (κ3) is 7.95. The van der Waals surface area contributed by atoms with Gasteiger partial charge < -0.3 is 30.9 Å². The number of ether oxygens (including phenoxy) is 1. The highest BCUT2D eigenvalue weighted by Gasteiger charge is 2.26. The lowest BCUT2D eigenvalue weighted by molar-refractivity contribution is -0.122. The Hall–Kier alpha value is -6.11. The molecule has 0 radical (unpaired) electrons. The van der Waals surface area contributed by atoms with Crippen molar-refractivity contribution in [2.45, 2.75) is 13.5 Å². The number of fused-ring (bicyclic) bond motifs is 1. The number of carbonyl (C=O) groups is 5. The maximum Gasteiger partial charge on any atom is 0.269 e.